The molecule has 0 bridgehead atoms. The van der Waals surface area contributed by atoms with E-state index in [0.717, 1.165) is 19.8 Å². The molecule has 0 aromatic heterocycles. The average Bonchev–Trinajstić information content (AvgIpc) is 2.66. The Morgan fingerprint density at radius 1 is 1.21 bits per heavy atom. The Hall–Kier alpha value is -0.860. The molecular weight excluding hydrogens is 234 g/mol. The molecule has 19 heavy (non-hydrogen) atoms. The van der Waals surface area contributed by atoms with Crippen LogP contribution in [0.3, 0.4) is 0 Å². The van der Waals surface area contributed by atoms with Gasteiger partial charge in [-0.25, -0.2) is 0 Å². The molecule has 2 fully saturated rings. The van der Waals surface area contributed by atoms with E-state index in [2.05, 4.69) is 36.5 Å². The summed E-state index contributed by atoms with van der Waals surface area (Å²) >= 11 is 0. The quantitative estimate of drug-likeness (QED) is 0.836. The number of aryl methyl sites for hydroxylation is 1. The highest BCUT2D eigenvalue weighted by molar-refractivity contribution is 5.28. The molecule has 104 valence electrons. The van der Waals surface area contributed by atoms with Gasteiger partial charge in [-0.15, -0.1) is 0 Å². The largest absolute Gasteiger partial charge is 0.381 e. The Labute approximate surface area is 116 Å². The summed E-state index contributed by atoms with van der Waals surface area (Å²) in [7, 11) is 0. The minimum Gasteiger partial charge on any atom is -0.381 e. The van der Waals surface area contributed by atoms with Gasteiger partial charge in [0, 0.05) is 25.7 Å². The summed E-state index contributed by atoms with van der Waals surface area (Å²) in [6.45, 7) is 6.40. The molecule has 2 atom stereocenters. The van der Waals surface area contributed by atoms with E-state index in [0.29, 0.717) is 11.3 Å². The molecule has 2 aliphatic heterocycles. The average molecular weight is 259 g/mol. The van der Waals surface area contributed by atoms with Gasteiger partial charge >= 0.3 is 0 Å². The fourth-order valence-corrected chi connectivity index (χ4v) is 3.96. The Kier molecular flexibility index (Phi) is 3.90. The fraction of sp³-hybridized carbons (Fsp3) is 0.647. The Morgan fingerprint density at radius 3 is 3.05 bits per heavy atom. The van der Waals surface area contributed by atoms with E-state index in [4.69, 9.17) is 4.74 Å². The van der Waals surface area contributed by atoms with E-state index >= 15 is 0 Å². The highest BCUT2D eigenvalue weighted by atomic mass is 16.5. The summed E-state index contributed by atoms with van der Waals surface area (Å²) in [4.78, 5) is 0. The van der Waals surface area contributed by atoms with E-state index in [9.17, 15) is 0 Å². The highest BCUT2D eigenvalue weighted by Gasteiger charge is 2.41. The van der Waals surface area contributed by atoms with E-state index in [1.807, 2.05) is 0 Å². The van der Waals surface area contributed by atoms with Crippen molar-refractivity contribution >= 4 is 0 Å². The van der Waals surface area contributed by atoms with Crippen molar-refractivity contribution in [3.63, 3.8) is 0 Å². The van der Waals surface area contributed by atoms with Crippen LogP contribution < -0.4 is 5.32 Å². The molecule has 2 saturated heterocycles. The minimum absolute atomic E-state index is 0.468. The molecule has 0 aliphatic carbocycles. The van der Waals surface area contributed by atoms with Crippen LogP contribution in [0.15, 0.2) is 24.3 Å². The second-order valence-corrected chi connectivity index (χ2v) is 6.25. The monoisotopic (exact) mass is 259 g/mol. The van der Waals surface area contributed by atoms with Gasteiger partial charge in [0.15, 0.2) is 0 Å². The molecule has 2 aliphatic rings. The van der Waals surface area contributed by atoms with Crippen molar-refractivity contribution in [1.29, 1.82) is 0 Å². The molecular formula is C17H25NO. The third-order valence-corrected chi connectivity index (χ3v) is 5.04. The van der Waals surface area contributed by atoms with Crippen LogP contribution >= 0.6 is 0 Å². The molecule has 2 heteroatoms. The summed E-state index contributed by atoms with van der Waals surface area (Å²) in [5.74, 6) is 0.655. The summed E-state index contributed by atoms with van der Waals surface area (Å²) in [6, 6.07) is 9.10. The lowest BCUT2D eigenvalue weighted by atomic mass is 9.64. The van der Waals surface area contributed by atoms with E-state index < -0.39 is 0 Å². The van der Waals surface area contributed by atoms with Crippen LogP contribution in [0.1, 0.15) is 42.7 Å². The lowest BCUT2D eigenvalue weighted by molar-refractivity contribution is 0.104. The maximum atomic E-state index is 5.71. The van der Waals surface area contributed by atoms with Gasteiger partial charge in [-0.3, -0.25) is 0 Å². The summed E-state index contributed by atoms with van der Waals surface area (Å²) < 4.78 is 5.71. The van der Waals surface area contributed by atoms with Gasteiger partial charge in [0.05, 0.1) is 0 Å². The standard InChI is InChI=1S/C17H25NO/c1-14-4-2-5-15(12-14)16-13-18-9-7-17(16)6-3-10-19-11-8-17/h2,4-5,12,16,18H,3,6-11,13H2,1H3. The summed E-state index contributed by atoms with van der Waals surface area (Å²) in [6.07, 6.45) is 5.08. The lowest BCUT2D eigenvalue weighted by Crippen LogP contribution is -2.44. The molecule has 1 aromatic rings. The first kappa shape index (κ1) is 13.1. The van der Waals surface area contributed by atoms with Crippen molar-refractivity contribution in [2.45, 2.75) is 38.5 Å². The third-order valence-electron chi connectivity index (χ3n) is 5.04. The number of rotatable bonds is 1. The van der Waals surface area contributed by atoms with Crippen LogP contribution in [-0.4, -0.2) is 26.3 Å². The first-order valence-electron chi connectivity index (χ1n) is 7.65. The Morgan fingerprint density at radius 2 is 2.16 bits per heavy atom. The van der Waals surface area contributed by atoms with Gasteiger partial charge in [0.1, 0.15) is 0 Å². The molecule has 2 unspecified atom stereocenters. The number of benzene rings is 1. The maximum absolute atomic E-state index is 5.71. The predicted molar refractivity (Wildman–Crippen MR) is 78.5 cm³/mol. The zero-order valence-corrected chi connectivity index (χ0v) is 12.0. The van der Waals surface area contributed by atoms with Gasteiger partial charge in [-0.1, -0.05) is 29.8 Å². The number of hydrogen-bond acceptors (Lipinski definition) is 2. The van der Waals surface area contributed by atoms with Crippen molar-refractivity contribution in [3.8, 4) is 0 Å². The number of hydrogen-bond donors (Lipinski definition) is 1. The topological polar surface area (TPSA) is 21.3 Å². The molecule has 3 rings (SSSR count). The fourth-order valence-electron chi connectivity index (χ4n) is 3.96. The molecule has 0 radical (unpaired) electrons. The summed E-state index contributed by atoms with van der Waals surface area (Å²) in [5.41, 5.74) is 3.37. The van der Waals surface area contributed by atoms with E-state index in [-0.39, 0.29) is 0 Å². The zero-order valence-electron chi connectivity index (χ0n) is 12.0. The van der Waals surface area contributed by atoms with Gasteiger partial charge in [-0.2, -0.15) is 0 Å². The Balaban J connectivity index is 1.91. The van der Waals surface area contributed by atoms with Gasteiger partial charge in [-0.05, 0) is 50.1 Å². The van der Waals surface area contributed by atoms with Crippen LogP contribution in [0.4, 0.5) is 0 Å². The molecule has 0 saturated carbocycles. The minimum atomic E-state index is 0.468. The summed E-state index contributed by atoms with van der Waals surface area (Å²) in [5, 5.41) is 3.60. The number of piperidine rings is 1. The van der Waals surface area contributed by atoms with Gasteiger partial charge in [0.25, 0.3) is 0 Å². The van der Waals surface area contributed by atoms with Gasteiger partial charge in [0.2, 0.25) is 0 Å². The van der Waals surface area contributed by atoms with Crippen molar-refractivity contribution in [2.24, 2.45) is 5.41 Å². The first-order valence-corrected chi connectivity index (χ1v) is 7.65. The van der Waals surface area contributed by atoms with Crippen molar-refractivity contribution in [2.75, 3.05) is 26.3 Å². The smallest absolute Gasteiger partial charge is 0.0471 e. The predicted octanol–water partition coefficient (Wildman–Crippen LogP) is 3.26. The third kappa shape index (κ3) is 2.70. The van der Waals surface area contributed by atoms with E-state index in [1.165, 1.54) is 43.4 Å². The molecule has 0 amide bonds. The van der Waals surface area contributed by atoms with Crippen LogP contribution in [-0.2, 0) is 4.74 Å². The van der Waals surface area contributed by atoms with Crippen molar-refractivity contribution in [1.82, 2.24) is 5.32 Å². The Bertz CT molecular complexity index is 421. The van der Waals surface area contributed by atoms with E-state index in [1.54, 1.807) is 0 Å². The number of nitrogens with one attached hydrogen (secondary N) is 1. The van der Waals surface area contributed by atoms with Gasteiger partial charge < -0.3 is 10.1 Å². The van der Waals surface area contributed by atoms with Crippen LogP contribution in [0.25, 0.3) is 0 Å². The second kappa shape index (κ2) is 5.64. The second-order valence-electron chi connectivity index (χ2n) is 6.25. The number of ether oxygens (including phenoxy) is 1. The highest BCUT2D eigenvalue weighted by Crippen LogP contribution is 2.48. The van der Waals surface area contributed by atoms with Crippen molar-refractivity contribution < 1.29 is 4.74 Å². The molecule has 1 spiro atoms. The molecule has 1 aromatic carbocycles. The molecule has 1 N–H and O–H groups in total. The normalized spacial score (nSPS) is 32.2. The van der Waals surface area contributed by atoms with Crippen molar-refractivity contribution in [3.05, 3.63) is 35.4 Å². The zero-order chi connectivity index (χ0) is 13.1. The first-order chi connectivity index (χ1) is 9.30. The molecule has 2 nitrogen and oxygen atoms in total. The van der Waals surface area contributed by atoms with Crippen LogP contribution in [0.5, 0.6) is 0 Å². The maximum Gasteiger partial charge on any atom is 0.0471 e. The SMILES string of the molecule is Cc1cccc(C2CNCCC23CCCOCC3)c1. The van der Waals surface area contributed by atoms with Crippen LogP contribution in [0.2, 0.25) is 0 Å². The molecule has 2 heterocycles. The lowest BCUT2D eigenvalue weighted by Gasteiger charge is -2.44. The van der Waals surface area contributed by atoms with Crippen LogP contribution in [0, 0.1) is 12.3 Å².